The molecule has 32 heavy (non-hydrogen) atoms. The molecule has 8 heteroatoms. The molecule has 4 rings (SSSR count). The van der Waals surface area contributed by atoms with Crippen LogP contribution in [0.25, 0.3) is 5.65 Å². The minimum absolute atomic E-state index is 0.231. The first-order chi connectivity index (χ1) is 15.5. The van der Waals surface area contributed by atoms with E-state index >= 15 is 0 Å². The molecule has 0 bridgehead atoms. The van der Waals surface area contributed by atoms with Gasteiger partial charge in [-0.15, -0.1) is 5.10 Å². The first-order valence-corrected chi connectivity index (χ1v) is 10.3. The van der Waals surface area contributed by atoms with Crippen molar-refractivity contribution in [1.82, 2.24) is 19.5 Å². The van der Waals surface area contributed by atoms with Crippen LogP contribution in [0.1, 0.15) is 28.4 Å². The Morgan fingerprint density at radius 2 is 1.69 bits per heavy atom. The molecule has 162 valence electrons. The molecular formula is C24H23N5O3. The average molecular weight is 429 g/mol. The maximum absolute atomic E-state index is 12.7. The lowest BCUT2D eigenvalue weighted by Crippen LogP contribution is -2.28. The SMILES string of the molecule is CCc1ccc(NC(=O)Cn2nc3ccc(C(=O)NCc4ccccc4)cn3c2=O)cc1. The van der Waals surface area contributed by atoms with E-state index < -0.39 is 5.69 Å². The van der Waals surface area contributed by atoms with Crippen LogP contribution in [-0.2, 0) is 24.3 Å². The molecule has 0 atom stereocenters. The lowest BCUT2D eigenvalue weighted by Gasteiger charge is -2.05. The second-order valence-electron chi connectivity index (χ2n) is 7.35. The number of nitrogens with zero attached hydrogens (tertiary/aromatic N) is 3. The molecule has 0 aliphatic carbocycles. The Bertz CT molecular complexity index is 1310. The number of hydrogen-bond donors (Lipinski definition) is 2. The first-order valence-electron chi connectivity index (χ1n) is 10.3. The van der Waals surface area contributed by atoms with Gasteiger partial charge in [0.1, 0.15) is 6.54 Å². The van der Waals surface area contributed by atoms with E-state index in [1.54, 1.807) is 12.1 Å². The van der Waals surface area contributed by atoms with Gasteiger partial charge in [-0.25, -0.2) is 13.9 Å². The Kier molecular flexibility index (Phi) is 6.12. The van der Waals surface area contributed by atoms with Crippen molar-refractivity contribution in [2.75, 3.05) is 5.32 Å². The minimum atomic E-state index is -0.491. The molecule has 0 fully saturated rings. The van der Waals surface area contributed by atoms with Gasteiger partial charge in [-0.3, -0.25) is 9.59 Å². The van der Waals surface area contributed by atoms with Gasteiger partial charge in [-0.05, 0) is 41.8 Å². The van der Waals surface area contributed by atoms with E-state index in [0.29, 0.717) is 23.4 Å². The third-order valence-electron chi connectivity index (χ3n) is 5.07. The lowest BCUT2D eigenvalue weighted by molar-refractivity contribution is -0.117. The molecule has 0 saturated heterocycles. The number of fused-ring (bicyclic) bond motifs is 1. The van der Waals surface area contributed by atoms with Crippen molar-refractivity contribution in [3.8, 4) is 0 Å². The highest BCUT2D eigenvalue weighted by Crippen LogP contribution is 2.10. The highest BCUT2D eigenvalue weighted by atomic mass is 16.2. The van der Waals surface area contributed by atoms with E-state index in [1.807, 2.05) is 54.6 Å². The zero-order valence-electron chi connectivity index (χ0n) is 17.6. The highest BCUT2D eigenvalue weighted by molar-refractivity contribution is 5.94. The van der Waals surface area contributed by atoms with E-state index in [2.05, 4.69) is 22.7 Å². The number of aromatic nitrogens is 3. The van der Waals surface area contributed by atoms with Crippen LogP contribution in [0.3, 0.4) is 0 Å². The van der Waals surface area contributed by atoms with E-state index in [-0.39, 0.29) is 18.4 Å². The lowest BCUT2D eigenvalue weighted by atomic mass is 10.1. The zero-order chi connectivity index (χ0) is 22.5. The molecule has 2 heterocycles. The van der Waals surface area contributed by atoms with Gasteiger partial charge in [0, 0.05) is 18.4 Å². The van der Waals surface area contributed by atoms with Crippen molar-refractivity contribution in [1.29, 1.82) is 0 Å². The molecule has 2 amide bonds. The van der Waals surface area contributed by atoms with Gasteiger partial charge in [0.15, 0.2) is 5.65 Å². The summed E-state index contributed by atoms with van der Waals surface area (Å²) < 4.78 is 2.34. The standard InChI is InChI=1S/C24H23N5O3/c1-2-17-8-11-20(12-9-17)26-22(30)16-29-24(32)28-15-19(10-13-21(28)27-29)23(31)25-14-18-6-4-3-5-7-18/h3-13,15H,2,14,16H2,1H3,(H,25,31)(H,26,30). The summed E-state index contributed by atoms with van der Waals surface area (Å²) in [5.41, 5.74) is 2.99. The fraction of sp³-hybridized carbons (Fsp3) is 0.167. The van der Waals surface area contributed by atoms with Crippen molar-refractivity contribution in [3.05, 3.63) is 100 Å². The van der Waals surface area contributed by atoms with Crippen LogP contribution in [0.2, 0.25) is 0 Å². The Hall–Kier alpha value is -4.20. The number of hydrogen-bond acceptors (Lipinski definition) is 4. The third kappa shape index (κ3) is 4.75. The van der Waals surface area contributed by atoms with Crippen LogP contribution < -0.4 is 16.3 Å². The Morgan fingerprint density at radius 1 is 0.938 bits per heavy atom. The second kappa shape index (κ2) is 9.30. The van der Waals surface area contributed by atoms with Crippen molar-refractivity contribution in [2.45, 2.75) is 26.4 Å². The Morgan fingerprint density at radius 3 is 2.41 bits per heavy atom. The number of nitrogens with one attached hydrogen (secondary N) is 2. The van der Waals surface area contributed by atoms with Crippen molar-refractivity contribution < 1.29 is 9.59 Å². The van der Waals surface area contributed by atoms with Crippen molar-refractivity contribution >= 4 is 23.1 Å². The van der Waals surface area contributed by atoms with Crippen molar-refractivity contribution in [3.63, 3.8) is 0 Å². The molecule has 8 nitrogen and oxygen atoms in total. The number of carbonyl (C=O) groups excluding carboxylic acids is 2. The van der Waals surface area contributed by atoms with E-state index in [9.17, 15) is 14.4 Å². The van der Waals surface area contributed by atoms with Gasteiger partial charge in [0.05, 0.1) is 5.56 Å². The van der Waals surface area contributed by atoms with Gasteiger partial charge in [-0.2, -0.15) is 0 Å². The minimum Gasteiger partial charge on any atom is -0.348 e. The van der Waals surface area contributed by atoms with Crippen LogP contribution in [0.15, 0.2) is 77.7 Å². The third-order valence-corrected chi connectivity index (χ3v) is 5.07. The van der Waals surface area contributed by atoms with Gasteiger partial charge >= 0.3 is 5.69 Å². The number of benzene rings is 2. The molecule has 0 aliphatic rings. The second-order valence-corrected chi connectivity index (χ2v) is 7.35. The molecule has 2 aromatic carbocycles. The normalized spacial score (nSPS) is 10.8. The Balaban J connectivity index is 1.45. The summed E-state index contributed by atoms with van der Waals surface area (Å²) in [6.07, 6.45) is 2.35. The van der Waals surface area contributed by atoms with Crippen LogP contribution in [0.5, 0.6) is 0 Å². The predicted molar refractivity (Wildman–Crippen MR) is 122 cm³/mol. The number of aryl methyl sites for hydroxylation is 1. The summed E-state index contributed by atoms with van der Waals surface area (Å²) in [6, 6.07) is 20.3. The van der Waals surface area contributed by atoms with Gasteiger partial charge < -0.3 is 10.6 Å². The van der Waals surface area contributed by atoms with Crippen molar-refractivity contribution in [2.24, 2.45) is 0 Å². The number of pyridine rings is 1. The molecule has 0 unspecified atom stereocenters. The number of carbonyl (C=O) groups is 2. The maximum Gasteiger partial charge on any atom is 0.350 e. The monoisotopic (exact) mass is 429 g/mol. The van der Waals surface area contributed by atoms with Crippen LogP contribution in [0.4, 0.5) is 5.69 Å². The van der Waals surface area contributed by atoms with Crippen LogP contribution >= 0.6 is 0 Å². The van der Waals surface area contributed by atoms with Gasteiger partial charge in [0.25, 0.3) is 5.91 Å². The fourth-order valence-corrected chi connectivity index (χ4v) is 3.30. The average Bonchev–Trinajstić information content (AvgIpc) is 3.13. The molecule has 0 saturated carbocycles. The summed E-state index contributed by atoms with van der Waals surface area (Å²) in [4.78, 5) is 37.6. The molecule has 0 aliphatic heterocycles. The number of rotatable bonds is 7. The molecule has 2 N–H and O–H groups in total. The summed E-state index contributed by atoms with van der Waals surface area (Å²) in [5.74, 6) is -0.663. The zero-order valence-corrected chi connectivity index (χ0v) is 17.6. The number of anilines is 1. The largest absolute Gasteiger partial charge is 0.350 e. The summed E-state index contributed by atoms with van der Waals surface area (Å²) >= 11 is 0. The van der Waals surface area contributed by atoms with Crippen LogP contribution in [-0.4, -0.2) is 26.0 Å². The van der Waals surface area contributed by atoms with Crippen LogP contribution in [0, 0.1) is 0 Å². The topological polar surface area (TPSA) is 97.5 Å². The van der Waals surface area contributed by atoms with E-state index in [1.165, 1.54) is 16.2 Å². The molecule has 4 aromatic rings. The fourth-order valence-electron chi connectivity index (χ4n) is 3.30. The maximum atomic E-state index is 12.7. The number of amides is 2. The first kappa shape index (κ1) is 21.0. The Labute approximate surface area is 184 Å². The van der Waals surface area contributed by atoms with Gasteiger partial charge in [-0.1, -0.05) is 49.4 Å². The highest BCUT2D eigenvalue weighted by Gasteiger charge is 2.13. The molecule has 2 aromatic heterocycles. The molecule has 0 spiro atoms. The molecule has 0 radical (unpaired) electrons. The summed E-state index contributed by atoms with van der Waals surface area (Å²) in [6.45, 7) is 2.21. The predicted octanol–water partition coefficient (Wildman–Crippen LogP) is 2.63. The van der Waals surface area contributed by atoms with E-state index in [4.69, 9.17) is 0 Å². The smallest absolute Gasteiger partial charge is 0.348 e. The van der Waals surface area contributed by atoms with Gasteiger partial charge in [0.2, 0.25) is 5.91 Å². The van der Waals surface area contributed by atoms with E-state index in [0.717, 1.165) is 16.7 Å². The molecular weight excluding hydrogens is 406 g/mol. The summed E-state index contributed by atoms with van der Waals surface area (Å²) in [7, 11) is 0. The quantitative estimate of drug-likeness (QED) is 0.472. The summed E-state index contributed by atoms with van der Waals surface area (Å²) in [5, 5.41) is 9.78.